The number of ether oxygens (including phenoxy) is 2. The van der Waals surface area contributed by atoms with Crippen LogP contribution in [0.3, 0.4) is 0 Å². The minimum Gasteiger partial charge on any atom is -0.497 e. The average Bonchev–Trinajstić information content (AvgIpc) is 3.49. The van der Waals surface area contributed by atoms with Crippen LogP contribution < -0.4 is 14.5 Å². The molecule has 4 atom stereocenters. The van der Waals surface area contributed by atoms with Crippen molar-refractivity contribution in [2.45, 2.75) is 63.1 Å². The van der Waals surface area contributed by atoms with E-state index in [4.69, 9.17) is 9.47 Å². The van der Waals surface area contributed by atoms with E-state index in [1.807, 2.05) is 49.4 Å². The van der Waals surface area contributed by atoms with Crippen molar-refractivity contribution in [3.63, 3.8) is 0 Å². The number of carbonyl (C=O) groups is 2. The van der Waals surface area contributed by atoms with Gasteiger partial charge in [0.2, 0.25) is 14.3 Å². The van der Waals surface area contributed by atoms with Gasteiger partial charge in [-0.05, 0) is 61.8 Å². The molecule has 2 fully saturated rings. The number of aliphatic hydroxyl groups excluding tert-OH is 1. The highest BCUT2D eigenvalue weighted by Crippen LogP contribution is 2.60. The summed E-state index contributed by atoms with van der Waals surface area (Å²) in [4.78, 5) is 30.1. The van der Waals surface area contributed by atoms with Gasteiger partial charge in [0.05, 0.1) is 25.4 Å². The van der Waals surface area contributed by atoms with E-state index in [0.717, 1.165) is 17.7 Å². The maximum absolute atomic E-state index is 15.7. The summed E-state index contributed by atoms with van der Waals surface area (Å²) in [5, 5.41) is 9.72. The number of methoxy groups -OCH3 is 1. The predicted octanol–water partition coefficient (Wildman–Crippen LogP) is 4.53. The van der Waals surface area contributed by atoms with Crippen LogP contribution in [0.4, 0.5) is 15.5 Å². The molecule has 0 unspecified atom stereocenters. The molecule has 3 aliphatic heterocycles. The zero-order valence-corrected chi connectivity index (χ0v) is 22.9. The SMILES string of the molecule is COc1ccc2c(c1)[C@@]1(O[C@H](CCO)[C@@H]([Si](C)(C)F)[C@@H]1C)C(=O)N2Cc1cccc(N2CCCC2=O)c1. The van der Waals surface area contributed by atoms with E-state index in [2.05, 4.69) is 0 Å². The lowest BCUT2D eigenvalue weighted by Crippen LogP contribution is -2.45. The smallest absolute Gasteiger partial charge is 0.264 e. The van der Waals surface area contributed by atoms with Crippen molar-refractivity contribution in [3.8, 4) is 5.75 Å². The van der Waals surface area contributed by atoms with E-state index in [1.165, 1.54) is 0 Å². The molecule has 3 aliphatic rings. The second-order valence-corrected chi connectivity index (χ2v) is 14.7. The van der Waals surface area contributed by atoms with Crippen molar-refractivity contribution in [3.05, 3.63) is 53.6 Å². The first-order valence-corrected chi connectivity index (χ1v) is 15.9. The van der Waals surface area contributed by atoms with E-state index in [-0.39, 0.29) is 31.4 Å². The molecule has 3 heterocycles. The second-order valence-electron chi connectivity index (χ2n) is 10.9. The number of benzene rings is 2. The van der Waals surface area contributed by atoms with Gasteiger partial charge in [0.25, 0.3) is 5.91 Å². The number of aliphatic hydroxyl groups is 1. The molecule has 1 spiro atoms. The van der Waals surface area contributed by atoms with Gasteiger partial charge in [-0.15, -0.1) is 0 Å². The van der Waals surface area contributed by atoms with Gasteiger partial charge in [-0.25, -0.2) is 0 Å². The second kappa shape index (κ2) is 9.52. The molecule has 7 nitrogen and oxygen atoms in total. The van der Waals surface area contributed by atoms with Crippen LogP contribution in [0.5, 0.6) is 5.75 Å². The summed E-state index contributed by atoms with van der Waals surface area (Å²) in [6.07, 6.45) is 1.10. The van der Waals surface area contributed by atoms with Crippen LogP contribution in [0.1, 0.15) is 37.3 Å². The van der Waals surface area contributed by atoms with E-state index in [1.54, 1.807) is 30.0 Å². The quantitative estimate of drug-likeness (QED) is 0.424. The van der Waals surface area contributed by atoms with Crippen molar-refractivity contribution in [2.75, 3.05) is 30.1 Å². The molecule has 0 aliphatic carbocycles. The summed E-state index contributed by atoms with van der Waals surface area (Å²) in [5.74, 6) is 0.0530. The van der Waals surface area contributed by atoms with E-state index < -0.39 is 31.6 Å². The third kappa shape index (κ3) is 4.17. The largest absolute Gasteiger partial charge is 0.497 e. The molecular formula is C28H35FN2O5Si. The Hall–Kier alpha value is -2.75. The summed E-state index contributed by atoms with van der Waals surface area (Å²) in [6, 6.07) is 13.2. The van der Waals surface area contributed by atoms with Gasteiger partial charge >= 0.3 is 0 Å². The fourth-order valence-electron chi connectivity index (χ4n) is 6.63. The third-order valence-electron chi connectivity index (χ3n) is 8.22. The number of hydrogen-bond donors (Lipinski definition) is 1. The van der Waals surface area contributed by atoms with Gasteiger partial charge in [-0.2, -0.15) is 0 Å². The molecule has 2 aromatic carbocycles. The van der Waals surface area contributed by atoms with Crippen LogP contribution in [-0.2, 0) is 26.5 Å². The van der Waals surface area contributed by atoms with Crippen LogP contribution in [0.25, 0.3) is 0 Å². The Morgan fingerprint density at radius 1 is 1.22 bits per heavy atom. The van der Waals surface area contributed by atoms with Gasteiger partial charge in [-0.1, -0.05) is 19.1 Å². The number of rotatable bonds is 7. The molecule has 9 heteroatoms. The summed E-state index contributed by atoms with van der Waals surface area (Å²) in [5.41, 5.74) is 1.30. The Labute approximate surface area is 218 Å². The van der Waals surface area contributed by atoms with Crippen LogP contribution in [0, 0.1) is 5.92 Å². The van der Waals surface area contributed by atoms with E-state index in [0.29, 0.717) is 30.0 Å². The number of anilines is 2. The summed E-state index contributed by atoms with van der Waals surface area (Å²) >= 11 is 0. The van der Waals surface area contributed by atoms with Crippen molar-refractivity contribution in [1.82, 2.24) is 0 Å². The molecule has 1 N–H and O–H groups in total. The zero-order chi connectivity index (χ0) is 26.5. The molecule has 2 amide bonds. The first-order chi connectivity index (χ1) is 17.6. The van der Waals surface area contributed by atoms with E-state index >= 15 is 4.11 Å². The van der Waals surface area contributed by atoms with Crippen molar-refractivity contribution < 1.29 is 28.3 Å². The number of fused-ring (bicyclic) bond motifs is 2. The number of hydrogen-bond acceptors (Lipinski definition) is 5. The van der Waals surface area contributed by atoms with Crippen molar-refractivity contribution >= 4 is 31.6 Å². The number of carbonyl (C=O) groups excluding carboxylic acids is 2. The minimum atomic E-state index is -3.25. The Balaban J connectivity index is 1.56. The predicted molar refractivity (Wildman–Crippen MR) is 142 cm³/mol. The first kappa shape index (κ1) is 25.9. The molecule has 198 valence electrons. The first-order valence-electron chi connectivity index (χ1n) is 13.0. The van der Waals surface area contributed by atoms with Crippen LogP contribution in [0.2, 0.25) is 18.6 Å². The molecule has 0 saturated carbocycles. The molecule has 2 saturated heterocycles. The zero-order valence-electron chi connectivity index (χ0n) is 21.9. The normalized spacial score (nSPS) is 27.5. The van der Waals surface area contributed by atoms with Crippen LogP contribution in [-0.4, -0.2) is 51.7 Å². The molecule has 0 radical (unpaired) electrons. The highest BCUT2D eigenvalue weighted by molar-refractivity contribution is 6.72. The molecule has 2 aromatic rings. The highest BCUT2D eigenvalue weighted by Gasteiger charge is 2.66. The highest BCUT2D eigenvalue weighted by atomic mass is 28.4. The Bertz CT molecular complexity index is 1220. The summed E-state index contributed by atoms with van der Waals surface area (Å²) in [6.45, 7) is 6.04. The third-order valence-corrected chi connectivity index (χ3v) is 10.7. The fourth-order valence-corrected chi connectivity index (χ4v) is 9.18. The molecule has 0 aromatic heterocycles. The van der Waals surface area contributed by atoms with Gasteiger partial charge in [0.1, 0.15) is 5.75 Å². The number of nitrogens with zero attached hydrogens (tertiary/aromatic N) is 2. The maximum Gasteiger partial charge on any atom is 0.264 e. The molecule has 5 rings (SSSR count). The van der Waals surface area contributed by atoms with Gasteiger partial charge in [0, 0.05) is 42.3 Å². The maximum atomic E-state index is 15.7. The lowest BCUT2D eigenvalue weighted by Gasteiger charge is -2.31. The molecule has 0 bridgehead atoms. The number of amides is 2. The van der Waals surface area contributed by atoms with Crippen LogP contribution >= 0.6 is 0 Å². The summed E-state index contributed by atoms with van der Waals surface area (Å²) in [7, 11) is -1.68. The Morgan fingerprint density at radius 3 is 2.65 bits per heavy atom. The molecule has 37 heavy (non-hydrogen) atoms. The van der Waals surface area contributed by atoms with Crippen molar-refractivity contribution in [2.24, 2.45) is 5.92 Å². The minimum absolute atomic E-state index is 0.109. The standard InChI is InChI=1S/C28H35FN2O5Si/c1-18-26(37(3,4)29)24(12-14-32)36-28(18)22-16-21(35-2)10-11-23(22)31(27(28)34)17-19-7-5-8-20(15-19)30-13-6-9-25(30)33/h5,7-8,10-11,15-16,18,24,26,32H,6,9,12-14,17H2,1-4H3/t18-,24+,26-,28+/m0/s1. The van der Waals surface area contributed by atoms with E-state index in [9.17, 15) is 14.7 Å². The average molecular weight is 527 g/mol. The fraction of sp³-hybridized carbons (Fsp3) is 0.500. The van der Waals surface area contributed by atoms with Gasteiger partial charge in [-0.3, -0.25) is 9.59 Å². The van der Waals surface area contributed by atoms with Crippen molar-refractivity contribution in [1.29, 1.82) is 0 Å². The molecular weight excluding hydrogens is 491 g/mol. The van der Waals surface area contributed by atoms with Gasteiger partial charge < -0.3 is 28.5 Å². The lowest BCUT2D eigenvalue weighted by atomic mass is 9.82. The number of halogens is 1. The van der Waals surface area contributed by atoms with Crippen LogP contribution in [0.15, 0.2) is 42.5 Å². The Morgan fingerprint density at radius 2 is 2.00 bits per heavy atom. The topological polar surface area (TPSA) is 79.3 Å². The summed E-state index contributed by atoms with van der Waals surface area (Å²) < 4.78 is 27.7. The monoisotopic (exact) mass is 526 g/mol. The Kier molecular flexibility index (Phi) is 6.66. The van der Waals surface area contributed by atoms with Gasteiger partial charge in [0.15, 0.2) is 5.60 Å². The lowest BCUT2D eigenvalue weighted by molar-refractivity contribution is -0.146.